The molecular formula is C12H17F3N2O3S. The van der Waals surface area contributed by atoms with E-state index in [0.717, 1.165) is 6.42 Å². The van der Waals surface area contributed by atoms with Gasteiger partial charge in [-0.3, -0.25) is 0 Å². The highest BCUT2D eigenvalue weighted by atomic mass is 32.2. The number of benzene rings is 1. The molecule has 120 valence electrons. The highest BCUT2D eigenvalue weighted by Gasteiger charge is 2.30. The van der Waals surface area contributed by atoms with E-state index in [9.17, 15) is 21.6 Å². The van der Waals surface area contributed by atoms with Crippen LogP contribution >= 0.6 is 0 Å². The van der Waals surface area contributed by atoms with E-state index >= 15 is 0 Å². The zero-order chi connectivity index (χ0) is 16.1. The molecule has 1 rings (SSSR count). The summed E-state index contributed by atoms with van der Waals surface area (Å²) in [5.74, 6) is 0.425. The topological polar surface area (TPSA) is 81.4 Å². The zero-order valence-corrected chi connectivity index (χ0v) is 12.2. The Labute approximate surface area is 121 Å². The van der Waals surface area contributed by atoms with Crippen molar-refractivity contribution in [3.8, 4) is 5.75 Å². The second kappa shape index (κ2) is 7.10. The van der Waals surface area contributed by atoms with Crippen LogP contribution in [0.4, 0.5) is 13.2 Å². The summed E-state index contributed by atoms with van der Waals surface area (Å²) in [6.07, 6.45) is -3.86. The van der Waals surface area contributed by atoms with E-state index < -0.39 is 22.7 Å². The molecule has 0 aliphatic carbocycles. The largest absolute Gasteiger partial charge is 0.493 e. The minimum Gasteiger partial charge on any atom is -0.493 e. The molecule has 1 aromatic rings. The minimum atomic E-state index is -4.62. The molecular weight excluding hydrogens is 309 g/mol. The van der Waals surface area contributed by atoms with E-state index in [1.807, 2.05) is 6.92 Å². The Hall–Kier alpha value is -1.32. The van der Waals surface area contributed by atoms with Crippen LogP contribution in [0.2, 0.25) is 0 Å². The van der Waals surface area contributed by atoms with Crippen LogP contribution < -0.4 is 15.2 Å². The third-order valence-corrected chi connectivity index (χ3v) is 3.89. The number of rotatable bonds is 7. The van der Waals surface area contributed by atoms with Gasteiger partial charge < -0.3 is 10.5 Å². The Balaban J connectivity index is 2.97. The van der Waals surface area contributed by atoms with Crippen LogP contribution in [0.15, 0.2) is 23.1 Å². The number of hydrogen-bond acceptors (Lipinski definition) is 4. The van der Waals surface area contributed by atoms with Crippen molar-refractivity contribution in [1.82, 2.24) is 4.72 Å². The first-order chi connectivity index (χ1) is 9.69. The van der Waals surface area contributed by atoms with E-state index in [1.165, 1.54) is 22.9 Å². The van der Waals surface area contributed by atoms with E-state index in [-0.39, 0.29) is 11.4 Å². The van der Waals surface area contributed by atoms with Crippen LogP contribution in [0.1, 0.15) is 18.9 Å². The van der Waals surface area contributed by atoms with Gasteiger partial charge in [0.1, 0.15) is 12.3 Å². The summed E-state index contributed by atoms with van der Waals surface area (Å²) < 4.78 is 66.7. The van der Waals surface area contributed by atoms with Crippen LogP contribution in [0.25, 0.3) is 0 Å². The van der Waals surface area contributed by atoms with Gasteiger partial charge in [-0.1, -0.05) is 6.92 Å². The van der Waals surface area contributed by atoms with Crippen LogP contribution in [0.3, 0.4) is 0 Å². The summed E-state index contributed by atoms with van der Waals surface area (Å²) in [6.45, 7) is 0.733. The maximum absolute atomic E-state index is 12.1. The smallest absolute Gasteiger partial charge is 0.402 e. The van der Waals surface area contributed by atoms with Gasteiger partial charge in [-0.15, -0.1) is 0 Å². The first-order valence-corrected chi connectivity index (χ1v) is 7.70. The highest BCUT2D eigenvalue weighted by Crippen LogP contribution is 2.23. The molecule has 0 aromatic heterocycles. The third-order valence-electron chi connectivity index (χ3n) is 2.49. The molecule has 0 bridgehead atoms. The van der Waals surface area contributed by atoms with Crippen molar-refractivity contribution in [3.05, 3.63) is 23.8 Å². The minimum absolute atomic E-state index is 0.0156. The third kappa shape index (κ3) is 5.52. The van der Waals surface area contributed by atoms with Crippen molar-refractivity contribution in [2.75, 3.05) is 13.2 Å². The van der Waals surface area contributed by atoms with Gasteiger partial charge in [-0.2, -0.15) is 13.2 Å². The molecule has 21 heavy (non-hydrogen) atoms. The standard InChI is InChI=1S/C12H17F3N2O3S/c1-2-5-20-11-4-3-10(6-9(11)7-16)21(18,19)17-8-12(13,14)15/h3-4,6,17H,2,5,7-8,16H2,1H3. The SMILES string of the molecule is CCCOc1ccc(S(=O)(=O)NCC(F)(F)F)cc1CN. The molecule has 0 unspecified atom stereocenters. The van der Waals surface area contributed by atoms with Gasteiger partial charge in [0.25, 0.3) is 0 Å². The van der Waals surface area contributed by atoms with E-state index in [1.54, 1.807) is 0 Å². The Kier molecular flexibility index (Phi) is 5.99. The van der Waals surface area contributed by atoms with Gasteiger partial charge in [0.05, 0.1) is 11.5 Å². The summed E-state index contributed by atoms with van der Waals surface area (Å²) in [4.78, 5) is -0.281. The summed E-state index contributed by atoms with van der Waals surface area (Å²) in [5.41, 5.74) is 5.92. The number of hydrogen-bond donors (Lipinski definition) is 2. The summed E-state index contributed by atoms with van der Waals surface area (Å²) in [5, 5.41) is 0. The maximum atomic E-state index is 12.1. The predicted molar refractivity (Wildman–Crippen MR) is 71.4 cm³/mol. The molecule has 1 aromatic carbocycles. The van der Waals surface area contributed by atoms with Gasteiger partial charge in [-0.25, -0.2) is 13.1 Å². The highest BCUT2D eigenvalue weighted by molar-refractivity contribution is 7.89. The molecule has 0 saturated carbocycles. The number of alkyl halides is 3. The lowest BCUT2D eigenvalue weighted by atomic mass is 10.2. The number of sulfonamides is 1. The van der Waals surface area contributed by atoms with Crippen molar-refractivity contribution in [3.63, 3.8) is 0 Å². The molecule has 9 heteroatoms. The second-order valence-corrected chi connectivity index (χ2v) is 6.03. The fourth-order valence-corrected chi connectivity index (χ4v) is 2.56. The van der Waals surface area contributed by atoms with Crippen LogP contribution in [0.5, 0.6) is 5.75 Å². The first kappa shape index (κ1) is 17.7. The van der Waals surface area contributed by atoms with Gasteiger partial charge >= 0.3 is 6.18 Å². The van der Waals surface area contributed by atoms with Gasteiger partial charge in [-0.05, 0) is 24.6 Å². The Bertz CT molecular complexity index is 574. The molecule has 0 saturated heterocycles. The summed E-state index contributed by atoms with van der Waals surface area (Å²) >= 11 is 0. The molecule has 0 amide bonds. The molecule has 0 heterocycles. The molecule has 0 fully saturated rings. The lowest BCUT2D eigenvalue weighted by molar-refractivity contribution is -0.121. The maximum Gasteiger partial charge on any atom is 0.402 e. The quantitative estimate of drug-likeness (QED) is 0.800. The molecule has 0 radical (unpaired) electrons. The molecule has 0 aliphatic rings. The average molecular weight is 326 g/mol. The zero-order valence-electron chi connectivity index (χ0n) is 11.4. The van der Waals surface area contributed by atoms with Crippen LogP contribution in [0, 0.1) is 0 Å². The number of ether oxygens (including phenoxy) is 1. The summed E-state index contributed by atoms with van der Waals surface area (Å²) in [6, 6.07) is 3.78. The lowest BCUT2D eigenvalue weighted by Crippen LogP contribution is -2.33. The lowest BCUT2D eigenvalue weighted by Gasteiger charge is -2.13. The Morgan fingerprint density at radius 3 is 2.52 bits per heavy atom. The Morgan fingerprint density at radius 2 is 2.00 bits per heavy atom. The predicted octanol–water partition coefficient (Wildman–Crippen LogP) is 1.77. The van der Waals surface area contributed by atoms with Crippen molar-refractivity contribution in [1.29, 1.82) is 0 Å². The van der Waals surface area contributed by atoms with Crippen LogP contribution in [-0.2, 0) is 16.6 Å². The number of nitrogens with two attached hydrogens (primary N) is 1. The fourth-order valence-electron chi connectivity index (χ4n) is 1.50. The van der Waals surface area contributed by atoms with Crippen molar-refractivity contribution >= 4 is 10.0 Å². The molecule has 0 aliphatic heterocycles. The molecule has 0 spiro atoms. The van der Waals surface area contributed by atoms with Crippen molar-refractivity contribution in [2.24, 2.45) is 5.73 Å². The first-order valence-electron chi connectivity index (χ1n) is 6.22. The van der Waals surface area contributed by atoms with Crippen molar-refractivity contribution in [2.45, 2.75) is 31.0 Å². The van der Waals surface area contributed by atoms with E-state index in [4.69, 9.17) is 10.5 Å². The normalized spacial score (nSPS) is 12.4. The summed E-state index contributed by atoms with van der Waals surface area (Å²) in [7, 11) is -4.24. The second-order valence-electron chi connectivity index (χ2n) is 4.26. The van der Waals surface area contributed by atoms with Gasteiger partial charge in [0.15, 0.2) is 0 Å². The van der Waals surface area contributed by atoms with Crippen molar-refractivity contribution < 1.29 is 26.3 Å². The number of nitrogens with one attached hydrogen (secondary N) is 1. The Morgan fingerprint density at radius 1 is 1.33 bits per heavy atom. The van der Waals surface area contributed by atoms with Gasteiger partial charge in [0.2, 0.25) is 10.0 Å². The molecule has 5 nitrogen and oxygen atoms in total. The molecule has 0 atom stereocenters. The molecule has 3 N–H and O–H groups in total. The number of halogens is 3. The van der Waals surface area contributed by atoms with E-state index in [0.29, 0.717) is 17.9 Å². The van der Waals surface area contributed by atoms with Crippen LogP contribution in [-0.4, -0.2) is 27.7 Å². The fraction of sp³-hybridized carbons (Fsp3) is 0.500. The monoisotopic (exact) mass is 326 g/mol. The van der Waals surface area contributed by atoms with Gasteiger partial charge in [0, 0.05) is 12.1 Å². The average Bonchev–Trinajstić information content (AvgIpc) is 2.42. The van der Waals surface area contributed by atoms with E-state index in [2.05, 4.69) is 0 Å².